The number of methoxy groups -OCH3 is 1. The summed E-state index contributed by atoms with van der Waals surface area (Å²) in [7, 11) is 1.29. The van der Waals surface area contributed by atoms with Crippen LogP contribution in [-0.4, -0.2) is 30.4 Å². The molecule has 26 heavy (non-hydrogen) atoms. The number of hydrogen-bond donors (Lipinski definition) is 2. The third kappa shape index (κ3) is 5.53. The van der Waals surface area contributed by atoms with Gasteiger partial charge in [-0.3, -0.25) is 10.1 Å². The number of thioether (sulfide) groups is 1. The van der Waals surface area contributed by atoms with E-state index in [2.05, 4.69) is 15.0 Å². The lowest BCUT2D eigenvalue weighted by Gasteiger charge is -2.08. The summed E-state index contributed by atoms with van der Waals surface area (Å²) in [6, 6.07) is 12.9. The van der Waals surface area contributed by atoms with Crippen LogP contribution in [0.3, 0.4) is 0 Å². The maximum absolute atomic E-state index is 11.3. The topological polar surface area (TPSA) is 93.8 Å². The van der Waals surface area contributed by atoms with Crippen molar-refractivity contribution in [1.82, 2.24) is 5.32 Å². The number of carbonyl (C=O) groups is 2. The van der Waals surface area contributed by atoms with Gasteiger partial charge in [0.1, 0.15) is 0 Å². The Morgan fingerprint density at radius 2 is 1.77 bits per heavy atom. The summed E-state index contributed by atoms with van der Waals surface area (Å²) < 4.78 is 4.56. The molecule has 0 aliphatic heterocycles. The lowest BCUT2D eigenvalue weighted by Crippen LogP contribution is -2.27. The fraction of sp³-hybridized carbons (Fsp3) is 0.167. The van der Waals surface area contributed by atoms with Gasteiger partial charge in [-0.25, -0.2) is 9.79 Å². The number of nitrogen functional groups attached to an aromatic ring is 1. The van der Waals surface area contributed by atoms with E-state index in [4.69, 9.17) is 5.73 Å². The molecule has 0 saturated carbocycles. The summed E-state index contributed by atoms with van der Waals surface area (Å²) in [6.07, 6.45) is 1.21. The number of amidine groups is 1. The third-order valence-corrected chi connectivity index (χ3v) is 4.88. The Labute approximate surface area is 160 Å². The largest absolute Gasteiger partial charge is 0.453 e. The molecule has 0 aromatic heterocycles. The highest BCUT2D eigenvalue weighted by atomic mass is 32.2. The number of nitrogens with two attached hydrogens (primary N) is 1. The fourth-order valence-electron chi connectivity index (χ4n) is 1.96. The number of aliphatic imine (C=N–C) groups is 1. The van der Waals surface area contributed by atoms with E-state index in [1.165, 1.54) is 30.6 Å². The van der Waals surface area contributed by atoms with E-state index >= 15 is 0 Å². The van der Waals surface area contributed by atoms with E-state index in [1.54, 1.807) is 31.4 Å². The Morgan fingerprint density at radius 1 is 1.12 bits per heavy atom. The van der Waals surface area contributed by atoms with Crippen molar-refractivity contribution in [2.75, 3.05) is 19.1 Å². The zero-order valence-corrected chi connectivity index (χ0v) is 16.2. The van der Waals surface area contributed by atoms with E-state index < -0.39 is 6.09 Å². The first-order valence-electron chi connectivity index (χ1n) is 7.59. The van der Waals surface area contributed by atoms with Gasteiger partial charge in [0.05, 0.1) is 18.5 Å². The highest BCUT2D eigenvalue weighted by Crippen LogP contribution is 2.33. The molecule has 0 bridgehead atoms. The van der Waals surface area contributed by atoms with Gasteiger partial charge in [-0.05, 0) is 43.5 Å². The molecule has 6 nitrogen and oxygen atoms in total. The number of benzene rings is 2. The Morgan fingerprint density at radius 3 is 2.31 bits per heavy atom. The summed E-state index contributed by atoms with van der Waals surface area (Å²) in [5.74, 6) is 0.0400. The quantitative estimate of drug-likeness (QED) is 0.350. The second-order valence-electron chi connectivity index (χ2n) is 5.14. The molecule has 0 unspecified atom stereocenters. The molecule has 2 rings (SSSR count). The van der Waals surface area contributed by atoms with Crippen molar-refractivity contribution in [2.24, 2.45) is 4.99 Å². The maximum Gasteiger partial charge on any atom is 0.412 e. The van der Waals surface area contributed by atoms with Gasteiger partial charge in [0.15, 0.2) is 11.0 Å². The monoisotopic (exact) mass is 389 g/mol. The minimum atomic E-state index is -0.585. The van der Waals surface area contributed by atoms with E-state index in [0.29, 0.717) is 22.1 Å². The number of ketones is 1. The lowest BCUT2D eigenvalue weighted by molar-refractivity contribution is 0.101. The molecular formula is C18H19N3O3S2. The van der Waals surface area contributed by atoms with Crippen LogP contribution in [-0.2, 0) is 4.74 Å². The zero-order chi connectivity index (χ0) is 19.1. The minimum absolute atomic E-state index is 0.0400. The Kier molecular flexibility index (Phi) is 7.11. The second-order valence-corrected chi connectivity index (χ2v) is 7.08. The average molecular weight is 390 g/mol. The van der Waals surface area contributed by atoms with Crippen LogP contribution in [0.1, 0.15) is 17.3 Å². The smallest absolute Gasteiger partial charge is 0.412 e. The first-order valence-corrected chi connectivity index (χ1v) is 9.63. The molecule has 136 valence electrons. The lowest BCUT2D eigenvalue weighted by atomic mass is 10.2. The van der Waals surface area contributed by atoms with Crippen molar-refractivity contribution < 1.29 is 14.3 Å². The average Bonchev–Trinajstić information content (AvgIpc) is 2.63. The Balaban J connectivity index is 2.15. The van der Waals surface area contributed by atoms with Gasteiger partial charge in [0.2, 0.25) is 0 Å². The van der Waals surface area contributed by atoms with Crippen LogP contribution < -0.4 is 11.1 Å². The van der Waals surface area contributed by atoms with Gasteiger partial charge in [-0.2, -0.15) is 0 Å². The van der Waals surface area contributed by atoms with Gasteiger partial charge < -0.3 is 10.5 Å². The van der Waals surface area contributed by atoms with Gasteiger partial charge in [0.25, 0.3) is 0 Å². The van der Waals surface area contributed by atoms with Crippen molar-refractivity contribution in [1.29, 1.82) is 0 Å². The van der Waals surface area contributed by atoms with Gasteiger partial charge in [-0.15, -0.1) is 0 Å². The summed E-state index contributed by atoms with van der Waals surface area (Å²) >= 11 is 2.81. The standard InChI is InChI=1S/C18H19N3O3S2/c1-11(22)12-4-6-13(7-5-12)26-14-8-9-16(15(19)10-14)20-17(25-3)21-18(23)24-2/h4-10H,19H2,1-3H3,(H,20,21,23). The summed E-state index contributed by atoms with van der Waals surface area (Å²) in [4.78, 5) is 28.9. The summed E-state index contributed by atoms with van der Waals surface area (Å²) in [5, 5.41) is 2.92. The van der Waals surface area contributed by atoms with E-state index in [9.17, 15) is 9.59 Å². The van der Waals surface area contributed by atoms with E-state index in [-0.39, 0.29) is 5.78 Å². The van der Waals surface area contributed by atoms with Crippen molar-refractivity contribution >= 4 is 51.9 Å². The number of nitrogens with one attached hydrogen (secondary N) is 1. The number of Topliss-reactive ketones (excluding diaryl/α,β-unsaturated/α-hetero) is 1. The predicted octanol–water partition coefficient (Wildman–Crippen LogP) is 4.33. The molecule has 8 heteroatoms. The number of ether oxygens (including phenoxy) is 1. The third-order valence-electron chi connectivity index (χ3n) is 3.31. The van der Waals surface area contributed by atoms with Crippen LogP contribution in [0, 0.1) is 0 Å². The molecule has 0 heterocycles. The van der Waals surface area contributed by atoms with Crippen molar-refractivity contribution in [3.05, 3.63) is 48.0 Å². The van der Waals surface area contributed by atoms with Crippen LogP contribution >= 0.6 is 23.5 Å². The molecule has 0 saturated heterocycles. The Bertz CT molecular complexity index is 836. The molecular weight excluding hydrogens is 370 g/mol. The van der Waals surface area contributed by atoms with Crippen molar-refractivity contribution in [2.45, 2.75) is 16.7 Å². The highest BCUT2D eigenvalue weighted by molar-refractivity contribution is 8.13. The van der Waals surface area contributed by atoms with E-state index in [1.807, 2.05) is 24.3 Å². The number of anilines is 1. The van der Waals surface area contributed by atoms with Crippen LogP contribution in [0.15, 0.2) is 57.2 Å². The normalized spacial score (nSPS) is 11.1. The van der Waals surface area contributed by atoms with Crippen molar-refractivity contribution in [3.8, 4) is 0 Å². The molecule has 0 radical (unpaired) electrons. The molecule has 0 spiro atoms. The van der Waals surface area contributed by atoms with Gasteiger partial charge in [-0.1, -0.05) is 35.7 Å². The number of amides is 1. The van der Waals surface area contributed by atoms with Crippen LogP contribution in [0.25, 0.3) is 0 Å². The number of alkyl carbamates (subject to hydrolysis) is 1. The van der Waals surface area contributed by atoms with Crippen molar-refractivity contribution in [3.63, 3.8) is 0 Å². The van der Waals surface area contributed by atoms with Crippen LogP contribution in [0.5, 0.6) is 0 Å². The number of nitrogens with zero attached hydrogens (tertiary/aromatic N) is 1. The van der Waals surface area contributed by atoms with E-state index in [0.717, 1.165) is 9.79 Å². The zero-order valence-electron chi connectivity index (χ0n) is 14.6. The molecule has 0 aliphatic rings. The molecule has 2 aromatic rings. The predicted molar refractivity (Wildman–Crippen MR) is 108 cm³/mol. The maximum atomic E-state index is 11.3. The highest BCUT2D eigenvalue weighted by Gasteiger charge is 2.07. The van der Waals surface area contributed by atoms with Gasteiger partial charge in [0, 0.05) is 15.4 Å². The van der Waals surface area contributed by atoms with Crippen LogP contribution in [0.4, 0.5) is 16.2 Å². The molecule has 0 fully saturated rings. The minimum Gasteiger partial charge on any atom is -0.453 e. The van der Waals surface area contributed by atoms with Crippen LogP contribution in [0.2, 0.25) is 0 Å². The number of hydrogen-bond acceptors (Lipinski definition) is 7. The Hall–Kier alpha value is -2.45. The SMILES string of the molecule is COC(=O)NC(=Nc1ccc(Sc2ccc(C(C)=O)cc2)cc1N)SC. The molecule has 2 aromatic carbocycles. The van der Waals surface area contributed by atoms with Gasteiger partial charge >= 0.3 is 6.09 Å². The number of carbonyl (C=O) groups excluding carboxylic acids is 2. The summed E-state index contributed by atoms with van der Waals surface area (Å²) in [6.45, 7) is 1.54. The number of rotatable bonds is 4. The molecule has 3 N–H and O–H groups in total. The fourth-order valence-corrected chi connectivity index (χ4v) is 3.21. The second kappa shape index (κ2) is 9.30. The molecule has 0 aliphatic carbocycles. The molecule has 1 amide bonds. The summed E-state index contributed by atoms with van der Waals surface area (Å²) in [5.41, 5.74) is 7.82. The first kappa shape index (κ1) is 19.9. The first-order chi connectivity index (χ1) is 12.4. The molecule has 0 atom stereocenters.